The molecule has 76 valence electrons. The molecule has 0 bridgehead atoms. The van der Waals surface area contributed by atoms with Gasteiger partial charge in [0.05, 0.1) is 6.04 Å². The first-order chi connectivity index (χ1) is 6.74. The van der Waals surface area contributed by atoms with Gasteiger partial charge in [0.15, 0.2) is 0 Å². The summed E-state index contributed by atoms with van der Waals surface area (Å²) in [6, 6.07) is 9.72. The Labute approximate surface area is 83.1 Å². The molecule has 1 aromatic rings. The van der Waals surface area contributed by atoms with Crippen LogP contribution in [0.25, 0.3) is 0 Å². The lowest BCUT2D eigenvalue weighted by Crippen LogP contribution is -2.25. The number of likely N-dealkylation sites (N-methyl/N-ethyl adjacent to an activating group) is 1. The van der Waals surface area contributed by atoms with Crippen LogP contribution in [0.5, 0.6) is 0 Å². The SMILES string of the molecule is CN[C@H](COC(N)=O)c1ccccc1. The van der Waals surface area contributed by atoms with E-state index in [9.17, 15) is 4.79 Å². The summed E-state index contributed by atoms with van der Waals surface area (Å²) in [6.45, 7) is 0.246. The Morgan fingerprint density at radius 2 is 2.14 bits per heavy atom. The summed E-state index contributed by atoms with van der Waals surface area (Å²) in [5.74, 6) is 0. The first kappa shape index (κ1) is 10.5. The van der Waals surface area contributed by atoms with Gasteiger partial charge in [-0.05, 0) is 12.6 Å². The van der Waals surface area contributed by atoms with E-state index in [-0.39, 0.29) is 12.6 Å². The van der Waals surface area contributed by atoms with Crippen LogP contribution in [0.2, 0.25) is 0 Å². The van der Waals surface area contributed by atoms with E-state index < -0.39 is 6.09 Å². The van der Waals surface area contributed by atoms with Crippen LogP contribution in [0.1, 0.15) is 11.6 Å². The molecule has 0 aliphatic rings. The molecule has 4 heteroatoms. The molecule has 0 saturated carbocycles. The van der Waals surface area contributed by atoms with Crippen LogP contribution in [0.4, 0.5) is 4.79 Å². The fourth-order valence-corrected chi connectivity index (χ4v) is 1.20. The van der Waals surface area contributed by atoms with Crippen LogP contribution < -0.4 is 11.1 Å². The minimum atomic E-state index is -0.749. The molecule has 0 aliphatic heterocycles. The van der Waals surface area contributed by atoms with E-state index in [0.29, 0.717) is 0 Å². The molecule has 0 unspecified atom stereocenters. The molecule has 3 N–H and O–H groups in total. The van der Waals surface area contributed by atoms with Crippen LogP contribution in [-0.4, -0.2) is 19.7 Å². The van der Waals surface area contributed by atoms with Gasteiger partial charge in [0, 0.05) is 0 Å². The summed E-state index contributed by atoms with van der Waals surface area (Å²) in [6.07, 6.45) is -0.749. The molecular formula is C10H14N2O2. The number of carbonyl (C=O) groups excluding carboxylic acids is 1. The highest BCUT2D eigenvalue weighted by Gasteiger charge is 2.09. The van der Waals surface area contributed by atoms with Crippen LogP contribution >= 0.6 is 0 Å². The van der Waals surface area contributed by atoms with Gasteiger partial charge in [-0.25, -0.2) is 4.79 Å². The van der Waals surface area contributed by atoms with Gasteiger partial charge in [-0.15, -0.1) is 0 Å². The van der Waals surface area contributed by atoms with Crippen molar-refractivity contribution < 1.29 is 9.53 Å². The number of nitrogens with two attached hydrogens (primary N) is 1. The highest BCUT2D eigenvalue weighted by Crippen LogP contribution is 2.11. The third-order valence-electron chi connectivity index (χ3n) is 1.94. The number of carbonyl (C=O) groups is 1. The molecule has 1 amide bonds. The molecule has 1 rings (SSSR count). The third kappa shape index (κ3) is 3.06. The second kappa shape index (κ2) is 5.24. The molecule has 0 aliphatic carbocycles. The number of amides is 1. The number of hydrogen-bond acceptors (Lipinski definition) is 3. The van der Waals surface area contributed by atoms with Crippen molar-refractivity contribution in [3.63, 3.8) is 0 Å². The van der Waals surface area contributed by atoms with E-state index in [1.807, 2.05) is 37.4 Å². The smallest absolute Gasteiger partial charge is 0.404 e. The zero-order valence-electron chi connectivity index (χ0n) is 8.07. The van der Waals surface area contributed by atoms with Crippen LogP contribution in [0, 0.1) is 0 Å². The average molecular weight is 194 g/mol. The van der Waals surface area contributed by atoms with E-state index in [4.69, 9.17) is 10.5 Å². The van der Waals surface area contributed by atoms with Gasteiger partial charge in [-0.3, -0.25) is 0 Å². The molecule has 14 heavy (non-hydrogen) atoms. The molecule has 0 heterocycles. The second-order valence-corrected chi connectivity index (χ2v) is 2.88. The zero-order valence-corrected chi connectivity index (χ0v) is 8.07. The summed E-state index contributed by atoms with van der Waals surface area (Å²) in [4.78, 5) is 10.4. The van der Waals surface area contributed by atoms with Crippen molar-refractivity contribution in [1.29, 1.82) is 0 Å². The lowest BCUT2D eigenvalue weighted by atomic mass is 10.1. The van der Waals surface area contributed by atoms with Gasteiger partial charge in [0.1, 0.15) is 6.61 Å². The van der Waals surface area contributed by atoms with E-state index >= 15 is 0 Å². The van der Waals surface area contributed by atoms with Gasteiger partial charge in [0.25, 0.3) is 0 Å². The Morgan fingerprint density at radius 1 is 1.50 bits per heavy atom. The lowest BCUT2D eigenvalue weighted by molar-refractivity contribution is 0.145. The topological polar surface area (TPSA) is 64.3 Å². The molecule has 0 spiro atoms. The average Bonchev–Trinajstić information content (AvgIpc) is 2.20. The van der Waals surface area contributed by atoms with Gasteiger partial charge in [-0.1, -0.05) is 30.3 Å². The monoisotopic (exact) mass is 194 g/mol. The quantitative estimate of drug-likeness (QED) is 0.752. The maximum atomic E-state index is 10.4. The third-order valence-corrected chi connectivity index (χ3v) is 1.94. The predicted octanol–water partition coefficient (Wildman–Crippen LogP) is 1.04. The van der Waals surface area contributed by atoms with Crippen molar-refractivity contribution in [3.8, 4) is 0 Å². The Bertz CT molecular complexity index is 287. The first-order valence-corrected chi connectivity index (χ1v) is 4.38. The molecule has 0 saturated heterocycles. The van der Waals surface area contributed by atoms with Gasteiger partial charge in [-0.2, -0.15) is 0 Å². The molecule has 4 nitrogen and oxygen atoms in total. The molecular weight excluding hydrogens is 180 g/mol. The predicted molar refractivity (Wildman–Crippen MR) is 53.8 cm³/mol. The number of ether oxygens (including phenoxy) is 1. The van der Waals surface area contributed by atoms with Crippen molar-refractivity contribution in [2.75, 3.05) is 13.7 Å². The van der Waals surface area contributed by atoms with Crippen molar-refractivity contribution in [2.45, 2.75) is 6.04 Å². The van der Waals surface area contributed by atoms with E-state index in [0.717, 1.165) is 5.56 Å². The Balaban J connectivity index is 2.58. The van der Waals surface area contributed by atoms with Crippen LogP contribution in [0.3, 0.4) is 0 Å². The Kier molecular flexibility index (Phi) is 3.94. The van der Waals surface area contributed by atoms with Crippen molar-refractivity contribution >= 4 is 6.09 Å². The summed E-state index contributed by atoms with van der Waals surface area (Å²) in [5, 5.41) is 3.04. The highest BCUT2D eigenvalue weighted by molar-refractivity contribution is 5.64. The standard InChI is InChI=1S/C10H14N2O2/c1-12-9(7-14-10(11)13)8-5-3-2-4-6-8/h2-6,9,12H,7H2,1H3,(H2,11,13)/t9-/m1/s1. The molecule has 0 fully saturated rings. The summed E-state index contributed by atoms with van der Waals surface area (Å²) in [7, 11) is 1.81. The molecule has 1 atom stereocenters. The lowest BCUT2D eigenvalue weighted by Gasteiger charge is -2.15. The van der Waals surface area contributed by atoms with Gasteiger partial charge < -0.3 is 15.8 Å². The van der Waals surface area contributed by atoms with Crippen molar-refractivity contribution in [1.82, 2.24) is 5.32 Å². The summed E-state index contributed by atoms with van der Waals surface area (Å²) in [5.41, 5.74) is 5.95. The Hall–Kier alpha value is -1.55. The van der Waals surface area contributed by atoms with E-state index in [2.05, 4.69) is 5.32 Å². The maximum absolute atomic E-state index is 10.4. The zero-order chi connectivity index (χ0) is 10.4. The Morgan fingerprint density at radius 3 is 2.64 bits per heavy atom. The summed E-state index contributed by atoms with van der Waals surface area (Å²) >= 11 is 0. The van der Waals surface area contributed by atoms with E-state index in [1.165, 1.54) is 0 Å². The normalized spacial score (nSPS) is 12.1. The van der Waals surface area contributed by atoms with Crippen molar-refractivity contribution in [2.24, 2.45) is 5.73 Å². The highest BCUT2D eigenvalue weighted by atomic mass is 16.5. The number of hydrogen-bond donors (Lipinski definition) is 2. The second-order valence-electron chi connectivity index (χ2n) is 2.88. The number of benzene rings is 1. The van der Waals surface area contributed by atoms with E-state index in [1.54, 1.807) is 0 Å². The van der Waals surface area contributed by atoms with Gasteiger partial charge in [0.2, 0.25) is 0 Å². The molecule has 1 aromatic carbocycles. The molecule has 0 radical (unpaired) electrons. The fourth-order valence-electron chi connectivity index (χ4n) is 1.20. The van der Waals surface area contributed by atoms with Crippen LogP contribution in [0.15, 0.2) is 30.3 Å². The maximum Gasteiger partial charge on any atom is 0.404 e. The van der Waals surface area contributed by atoms with Crippen LogP contribution in [-0.2, 0) is 4.74 Å². The van der Waals surface area contributed by atoms with Gasteiger partial charge >= 0.3 is 6.09 Å². The summed E-state index contributed by atoms with van der Waals surface area (Å²) < 4.78 is 4.73. The minimum absolute atomic E-state index is 0.0105. The molecule has 0 aromatic heterocycles. The first-order valence-electron chi connectivity index (χ1n) is 4.38. The minimum Gasteiger partial charge on any atom is -0.448 e. The largest absolute Gasteiger partial charge is 0.448 e. The number of primary amides is 1. The van der Waals surface area contributed by atoms with Crippen molar-refractivity contribution in [3.05, 3.63) is 35.9 Å². The number of nitrogens with one attached hydrogen (secondary N) is 1. The fraction of sp³-hybridized carbons (Fsp3) is 0.300. The number of rotatable bonds is 4.